The van der Waals surface area contributed by atoms with Gasteiger partial charge in [-0.1, -0.05) is 0 Å². The monoisotopic (exact) mass is 156 g/mol. The molecule has 0 aliphatic carbocycles. The summed E-state index contributed by atoms with van der Waals surface area (Å²) < 4.78 is 5.21. The summed E-state index contributed by atoms with van der Waals surface area (Å²) >= 11 is 0. The predicted molar refractivity (Wildman–Crippen MR) is 41.8 cm³/mol. The van der Waals surface area contributed by atoms with Gasteiger partial charge in [0.25, 0.3) is 5.91 Å². The molecule has 1 heterocycles. The lowest BCUT2D eigenvalue weighted by Crippen LogP contribution is -2.32. The fourth-order valence-corrected chi connectivity index (χ4v) is 0.975. The summed E-state index contributed by atoms with van der Waals surface area (Å²) in [5.41, 5.74) is 0. The van der Waals surface area contributed by atoms with Gasteiger partial charge in [0, 0.05) is 13.2 Å². The lowest BCUT2D eigenvalue weighted by atomic mass is 10.3. The number of hydrogen-bond donors (Lipinski definition) is 1. The SMILES string of the molecule is C=NC(=O)[C@@H]1CNCCCO1. The van der Waals surface area contributed by atoms with Crippen LogP contribution in [0.25, 0.3) is 0 Å². The van der Waals surface area contributed by atoms with Gasteiger partial charge in [0.05, 0.1) is 0 Å². The number of amides is 1. The summed E-state index contributed by atoms with van der Waals surface area (Å²) in [6, 6.07) is 0. The largest absolute Gasteiger partial charge is 0.367 e. The van der Waals surface area contributed by atoms with Gasteiger partial charge in [-0.2, -0.15) is 0 Å². The Morgan fingerprint density at radius 1 is 1.73 bits per heavy atom. The van der Waals surface area contributed by atoms with Crippen molar-refractivity contribution in [2.75, 3.05) is 19.7 Å². The Hall–Kier alpha value is -0.740. The molecule has 1 aliphatic rings. The summed E-state index contributed by atoms with van der Waals surface area (Å²) in [6.45, 7) is 5.24. The van der Waals surface area contributed by atoms with Crippen LogP contribution >= 0.6 is 0 Å². The maximum atomic E-state index is 10.9. The number of nitrogens with one attached hydrogen (secondary N) is 1. The Morgan fingerprint density at radius 3 is 3.27 bits per heavy atom. The number of nitrogens with zero attached hydrogens (tertiary/aromatic N) is 1. The van der Waals surface area contributed by atoms with Gasteiger partial charge in [-0.05, 0) is 19.7 Å². The highest BCUT2D eigenvalue weighted by Gasteiger charge is 2.18. The zero-order valence-corrected chi connectivity index (χ0v) is 6.38. The molecule has 0 aromatic carbocycles. The van der Waals surface area contributed by atoms with Gasteiger partial charge in [-0.15, -0.1) is 0 Å². The van der Waals surface area contributed by atoms with Crippen molar-refractivity contribution in [3.05, 3.63) is 0 Å². The zero-order valence-electron chi connectivity index (χ0n) is 6.38. The summed E-state index contributed by atoms with van der Waals surface area (Å²) in [4.78, 5) is 14.2. The van der Waals surface area contributed by atoms with E-state index >= 15 is 0 Å². The standard InChI is InChI=1S/C7H12N2O2/c1-8-7(10)6-5-9-3-2-4-11-6/h6,9H,1-5H2/t6-/m0/s1. The van der Waals surface area contributed by atoms with Crippen LogP contribution < -0.4 is 5.32 Å². The molecule has 0 bridgehead atoms. The molecule has 0 aromatic rings. The highest BCUT2D eigenvalue weighted by Crippen LogP contribution is 1.98. The van der Waals surface area contributed by atoms with Crippen LogP contribution in [0.5, 0.6) is 0 Å². The van der Waals surface area contributed by atoms with Gasteiger partial charge >= 0.3 is 0 Å². The van der Waals surface area contributed by atoms with Gasteiger partial charge in [0.15, 0.2) is 6.10 Å². The quantitative estimate of drug-likeness (QED) is 0.525. The topological polar surface area (TPSA) is 50.7 Å². The molecule has 1 N–H and O–H groups in total. The fourth-order valence-electron chi connectivity index (χ4n) is 0.975. The number of carbonyl (C=O) groups excluding carboxylic acids is 1. The number of carbonyl (C=O) groups is 1. The van der Waals surface area contributed by atoms with Crippen molar-refractivity contribution in [3.63, 3.8) is 0 Å². The molecular formula is C7H12N2O2. The third-order valence-electron chi connectivity index (χ3n) is 1.58. The Labute approximate surface area is 65.6 Å². The molecule has 1 rings (SSSR count). The van der Waals surface area contributed by atoms with Crippen molar-refractivity contribution < 1.29 is 9.53 Å². The molecule has 0 aromatic heterocycles. The average Bonchev–Trinajstić information content (AvgIpc) is 2.30. The van der Waals surface area contributed by atoms with Gasteiger partial charge < -0.3 is 10.1 Å². The van der Waals surface area contributed by atoms with E-state index in [1.54, 1.807) is 0 Å². The van der Waals surface area contributed by atoms with Gasteiger partial charge in [0.2, 0.25) is 0 Å². The van der Waals surface area contributed by atoms with Crippen molar-refractivity contribution in [1.82, 2.24) is 5.32 Å². The van der Waals surface area contributed by atoms with Crippen LogP contribution in [0, 0.1) is 0 Å². The van der Waals surface area contributed by atoms with Crippen LogP contribution in [0.3, 0.4) is 0 Å². The molecule has 0 radical (unpaired) electrons. The van der Waals surface area contributed by atoms with Crippen LogP contribution in [0.1, 0.15) is 6.42 Å². The molecule has 0 spiro atoms. The molecule has 62 valence electrons. The first-order valence-corrected chi connectivity index (χ1v) is 3.67. The highest BCUT2D eigenvalue weighted by molar-refractivity contribution is 5.85. The normalized spacial score (nSPS) is 25.6. The first-order valence-electron chi connectivity index (χ1n) is 3.67. The lowest BCUT2D eigenvalue weighted by molar-refractivity contribution is -0.128. The number of aliphatic imine (C=N–C) groups is 1. The van der Waals surface area contributed by atoms with Crippen molar-refractivity contribution in [2.45, 2.75) is 12.5 Å². The van der Waals surface area contributed by atoms with Gasteiger partial charge in [-0.25, -0.2) is 4.99 Å². The van der Waals surface area contributed by atoms with Crippen molar-refractivity contribution in [2.24, 2.45) is 4.99 Å². The first kappa shape index (κ1) is 8.36. The molecule has 1 fully saturated rings. The maximum absolute atomic E-state index is 10.9. The molecule has 4 heteroatoms. The number of rotatable bonds is 1. The van der Waals surface area contributed by atoms with Crippen molar-refractivity contribution >= 4 is 12.6 Å². The molecule has 11 heavy (non-hydrogen) atoms. The van der Waals surface area contributed by atoms with E-state index in [4.69, 9.17) is 4.74 Å². The van der Waals surface area contributed by atoms with E-state index in [2.05, 4.69) is 17.0 Å². The smallest absolute Gasteiger partial charge is 0.275 e. The zero-order chi connectivity index (χ0) is 8.10. The minimum atomic E-state index is -0.421. The summed E-state index contributed by atoms with van der Waals surface area (Å²) in [7, 11) is 0. The number of ether oxygens (including phenoxy) is 1. The van der Waals surface area contributed by atoms with E-state index < -0.39 is 6.10 Å². The van der Waals surface area contributed by atoms with Crippen molar-refractivity contribution in [3.8, 4) is 0 Å². The molecule has 0 unspecified atom stereocenters. The summed E-state index contributed by atoms with van der Waals surface area (Å²) in [6.07, 6.45) is 0.524. The average molecular weight is 156 g/mol. The third-order valence-corrected chi connectivity index (χ3v) is 1.58. The fraction of sp³-hybridized carbons (Fsp3) is 0.714. The molecule has 1 amide bonds. The van der Waals surface area contributed by atoms with Crippen LogP contribution in [0.2, 0.25) is 0 Å². The van der Waals surface area contributed by atoms with Crippen LogP contribution in [0.15, 0.2) is 4.99 Å². The Kier molecular flexibility index (Phi) is 3.19. The summed E-state index contributed by atoms with van der Waals surface area (Å²) in [5, 5.41) is 3.08. The van der Waals surface area contributed by atoms with E-state index in [0.717, 1.165) is 13.0 Å². The van der Waals surface area contributed by atoms with E-state index in [1.165, 1.54) is 0 Å². The van der Waals surface area contributed by atoms with Crippen molar-refractivity contribution in [1.29, 1.82) is 0 Å². The molecule has 4 nitrogen and oxygen atoms in total. The maximum Gasteiger partial charge on any atom is 0.275 e. The van der Waals surface area contributed by atoms with Gasteiger partial charge in [0.1, 0.15) is 0 Å². The summed E-state index contributed by atoms with van der Waals surface area (Å²) in [5.74, 6) is -0.278. The molecule has 1 aliphatic heterocycles. The molecule has 1 saturated heterocycles. The third kappa shape index (κ3) is 2.40. The Morgan fingerprint density at radius 2 is 2.55 bits per heavy atom. The van der Waals surface area contributed by atoms with Gasteiger partial charge in [-0.3, -0.25) is 4.79 Å². The minimum Gasteiger partial charge on any atom is -0.367 e. The van der Waals surface area contributed by atoms with E-state index in [0.29, 0.717) is 13.2 Å². The lowest BCUT2D eigenvalue weighted by Gasteiger charge is -2.09. The second kappa shape index (κ2) is 4.20. The highest BCUT2D eigenvalue weighted by atomic mass is 16.5. The minimum absolute atomic E-state index is 0.278. The van der Waals surface area contributed by atoms with Crippen LogP contribution in [-0.2, 0) is 9.53 Å². The Bertz CT molecular complexity index is 151. The molecule has 0 saturated carbocycles. The van der Waals surface area contributed by atoms with Crippen LogP contribution in [0.4, 0.5) is 0 Å². The van der Waals surface area contributed by atoms with E-state index in [-0.39, 0.29) is 5.91 Å². The molecule has 1 atom stereocenters. The Balaban J connectivity index is 2.42. The first-order chi connectivity index (χ1) is 5.34. The number of hydrogen-bond acceptors (Lipinski definition) is 3. The predicted octanol–water partition coefficient (Wildman–Crippen LogP) is -0.408. The second-order valence-corrected chi connectivity index (χ2v) is 2.41. The van der Waals surface area contributed by atoms with Crippen LogP contribution in [-0.4, -0.2) is 38.4 Å². The van der Waals surface area contributed by atoms with E-state index in [1.807, 2.05) is 0 Å². The molecular weight excluding hydrogens is 144 g/mol. The second-order valence-electron chi connectivity index (χ2n) is 2.41. The van der Waals surface area contributed by atoms with E-state index in [9.17, 15) is 4.79 Å².